The van der Waals surface area contributed by atoms with Gasteiger partial charge >= 0.3 is 0 Å². The molecule has 0 saturated carbocycles. The molecule has 0 aliphatic rings. The Hall–Kier alpha value is -2.54. The number of rotatable bonds is 0. The lowest BCUT2D eigenvalue weighted by molar-refractivity contribution is -0.112. The number of nitrogens with two attached hydrogens (primary N) is 1. The monoisotopic (exact) mass is 226 g/mol. The Balaban J connectivity index is 2.63. The van der Waals surface area contributed by atoms with Crippen molar-refractivity contribution in [3.63, 3.8) is 0 Å². The Morgan fingerprint density at radius 1 is 1.35 bits per heavy atom. The van der Waals surface area contributed by atoms with Crippen molar-refractivity contribution in [2.45, 2.75) is 6.92 Å². The molecule has 0 bridgehead atoms. The molecule has 2 aromatic rings. The second kappa shape index (κ2) is 4.14. The normalized spacial score (nSPS) is 9.71. The zero-order valence-electron chi connectivity index (χ0n) is 9.20. The maximum absolute atomic E-state index is 11.7. The molecule has 0 saturated heterocycles. The van der Waals surface area contributed by atoms with Gasteiger partial charge in [0.15, 0.2) is 5.43 Å². The van der Waals surface area contributed by atoms with Gasteiger partial charge in [0.2, 0.25) is 0 Å². The summed E-state index contributed by atoms with van der Waals surface area (Å²) in [6, 6.07) is 6.65. The number of fused-ring (bicyclic) bond motifs is 1. The van der Waals surface area contributed by atoms with Crippen molar-refractivity contribution < 1.29 is 4.79 Å². The van der Waals surface area contributed by atoms with Crippen LogP contribution in [0.3, 0.4) is 0 Å². The number of primary amides is 1. The molecular formula is C13H10N2O2. The number of hydrogen-bond donors (Lipinski definition) is 2. The van der Waals surface area contributed by atoms with E-state index in [9.17, 15) is 9.59 Å². The van der Waals surface area contributed by atoms with Gasteiger partial charge < -0.3 is 10.7 Å². The molecule has 0 atom stereocenters. The average molecular weight is 226 g/mol. The van der Waals surface area contributed by atoms with Crippen LogP contribution in [0, 0.1) is 18.8 Å². The summed E-state index contributed by atoms with van der Waals surface area (Å²) in [5.41, 5.74) is 6.99. The van der Waals surface area contributed by atoms with Crippen molar-refractivity contribution in [3.05, 3.63) is 45.7 Å². The van der Waals surface area contributed by atoms with Gasteiger partial charge in [0, 0.05) is 28.2 Å². The first-order chi connectivity index (χ1) is 8.06. The van der Waals surface area contributed by atoms with Crippen LogP contribution < -0.4 is 11.2 Å². The molecule has 1 aromatic carbocycles. The van der Waals surface area contributed by atoms with E-state index in [0.29, 0.717) is 10.9 Å². The van der Waals surface area contributed by atoms with Crippen molar-refractivity contribution in [3.8, 4) is 11.8 Å². The molecule has 0 aliphatic carbocycles. The Bertz CT molecular complexity index is 718. The highest BCUT2D eigenvalue weighted by atomic mass is 16.1. The van der Waals surface area contributed by atoms with E-state index in [4.69, 9.17) is 5.73 Å². The predicted octanol–water partition coefficient (Wildman–Crippen LogP) is 0.673. The fraction of sp³-hybridized carbons (Fsp3) is 0.0769. The Morgan fingerprint density at radius 3 is 2.82 bits per heavy atom. The molecular weight excluding hydrogens is 216 g/mol. The molecule has 4 nitrogen and oxygen atoms in total. The van der Waals surface area contributed by atoms with Crippen molar-refractivity contribution in [1.82, 2.24) is 4.98 Å². The second-order valence-electron chi connectivity index (χ2n) is 3.69. The summed E-state index contributed by atoms with van der Waals surface area (Å²) >= 11 is 0. The van der Waals surface area contributed by atoms with Gasteiger partial charge in [-0.1, -0.05) is 5.92 Å². The van der Waals surface area contributed by atoms with E-state index in [0.717, 1.165) is 11.2 Å². The lowest BCUT2D eigenvalue weighted by atomic mass is 10.1. The lowest BCUT2D eigenvalue weighted by Crippen LogP contribution is -2.06. The van der Waals surface area contributed by atoms with Crippen LogP contribution in [0.1, 0.15) is 11.3 Å². The summed E-state index contributed by atoms with van der Waals surface area (Å²) in [4.78, 5) is 25.3. The minimum absolute atomic E-state index is 0.0704. The molecule has 0 aliphatic heterocycles. The molecule has 3 N–H and O–H groups in total. The molecule has 0 unspecified atom stereocenters. The molecule has 2 rings (SSSR count). The minimum atomic E-state index is -0.692. The average Bonchev–Trinajstić information content (AvgIpc) is 2.26. The van der Waals surface area contributed by atoms with Crippen molar-refractivity contribution in [2.24, 2.45) is 5.73 Å². The second-order valence-corrected chi connectivity index (χ2v) is 3.69. The topological polar surface area (TPSA) is 76.0 Å². The number of benzene rings is 1. The van der Waals surface area contributed by atoms with E-state index < -0.39 is 5.91 Å². The first-order valence-electron chi connectivity index (χ1n) is 5.01. The number of aromatic amines is 1. The summed E-state index contributed by atoms with van der Waals surface area (Å²) < 4.78 is 0. The summed E-state index contributed by atoms with van der Waals surface area (Å²) in [5.74, 6) is 4.14. The Morgan fingerprint density at radius 2 is 2.12 bits per heavy atom. The first kappa shape index (κ1) is 11.0. The van der Waals surface area contributed by atoms with Crippen LogP contribution in [0.4, 0.5) is 0 Å². The van der Waals surface area contributed by atoms with Crippen LogP contribution >= 0.6 is 0 Å². The van der Waals surface area contributed by atoms with Crippen molar-refractivity contribution in [2.75, 3.05) is 0 Å². The molecule has 84 valence electrons. The number of pyridine rings is 1. The lowest BCUT2D eigenvalue weighted by Gasteiger charge is -2.00. The van der Waals surface area contributed by atoms with Crippen LogP contribution in [0.15, 0.2) is 29.1 Å². The van der Waals surface area contributed by atoms with E-state index in [1.807, 2.05) is 6.92 Å². The highest BCUT2D eigenvalue weighted by Gasteiger charge is 2.00. The number of hydrogen-bond acceptors (Lipinski definition) is 2. The van der Waals surface area contributed by atoms with Gasteiger partial charge in [-0.25, -0.2) is 0 Å². The number of H-pyrrole nitrogens is 1. The quantitative estimate of drug-likeness (QED) is 0.648. The fourth-order valence-electron chi connectivity index (χ4n) is 1.59. The Kier molecular flexibility index (Phi) is 2.67. The first-order valence-corrected chi connectivity index (χ1v) is 5.01. The van der Waals surface area contributed by atoms with E-state index >= 15 is 0 Å². The maximum Gasteiger partial charge on any atom is 0.293 e. The molecule has 1 aromatic heterocycles. The van der Waals surface area contributed by atoms with Gasteiger partial charge in [-0.05, 0) is 31.0 Å². The molecule has 0 fully saturated rings. The predicted molar refractivity (Wildman–Crippen MR) is 65.4 cm³/mol. The SMILES string of the molecule is Cc1cc(=O)c2cc(C#CC(N)=O)ccc2[nH]1. The van der Waals surface area contributed by atoms with Gasteiger partial charge in [-0.15, -0.1) is 0 Å². The zero-order chi connectivity index (χ0) is 12.4. The van der Waals surface area contributed by atoms with Crippen LogP contribution in [0.2, 0.25) is 0 Å². The van der Waals surface area contributed by atoms with Crippen molar-refractivity contribution in [1.29, 1.82) is 0 Å². The molecule has 1 amide bonds. The smallest absolute Gasteiger partial charge is 0.293 e. The number of aryl methyl sites for hydroxylation is 1. The van der Waals surface area contributed by atoms with Crippen LogP contribution in [-0.2, 0) is 4.79 Å². The maximum atomic E-state index is 11.7. The summed E-state index contributed by atoms with van der Waals surface area (Å²) in [5, 5.41) is 0.548. The summed E-state index contributed by atoms with van der Waals surface area (Å²) in [6.45, 7) is 1.82. The highest BCUT2D eigenvalue weighted by Crippen LogP contribution is 2.10. The number of amides is 1. The van der Waals surface area contributed by atoms with E-state index in [-0.39, 0.29) is 5.43 Å². The molecule has 1 heterocycles. The van der Waals surface area contributed by atoms with Crippen LogP contribution in [0.5, 0.6) is 0 Å². The Labute approximate surface area is 97.5 Å². The molecule has 17 heavy (non-hydrogen) atoms. The third-order valence-corrected chi connectivity index (χ3v) is 2.29. The third kappa shape index (κ3) is 2.34. The van der Waals surface area contributed by atoms with Gasteiger partial charge in [-0.3, -0.25) is 9.59 Å². The molecule has 4 heteroatoms. The van der Waals surface area contributed by atoms with Crippen LogP contribution in [-0.4, -0.2) is 10.9 Å². The highest BCUT2D eigenvalue weighted by molar-refractivity contribution is 5.92. The van der Waals surface area contributed by atoms with E-state index in [1.54, 1.807) is 18.2 Å². The largest absolute Gasteiger partial charge is 0.359 e. The zero-order valence-corrected chi connectivity index (χ0v) is 9.20. The van der Waals surface area contributed by atoms with Gasteiger partial charge in [0.05, 0.1) is 0 Å². The van der Waals surface area contributed by atoms with Gasteiger partial charge in [0.25, 0.3) is 5.91 Å². The summed E-state index contributed by atoms with van der Waals surface area (Å²) in [7, 11) is 0. The van der Waals surface area contributed by atoms with Crippen molar-refractivity contribution >= 4 is 16.8 Å². The van der Waals surface area contributed by atoms with Gasteiger partial charge in [0.1, 0.15) is 0 Å². The van der Waals surface area contributed by atoms with E-state index in [2.05, 4.69) is 16.8 Å². The number of carbonyl (C=O) groups excluding carboxylic acids is 1. The molecule has 0 spiro atoms. The number of nitrogens with one attached hydrogen (secondary N) is 1. The van der Waals surface area contributed by atoms with E-state index in [1.165, 1.54) is 6.07 Å². The fourth-order valence-corrected chi connectivity index (χ4v) is 1.59. The standard InChI is InChI=1S/C13H10N2O2/c1-8-6-12(16)10-7-9(3-5-13(14)17)2-4-11(10)15-8/h2,4,6-7H,1H3,(H2,14,17)(H,15,16). The van der Waals surface area contributed by atoms with Crippen LogP contribution in [0.25, 0.3) is 10.9 Å². The molecule has 0 radical (unpaired) electrons. The number of carbonyl (C=O) groups is 1. The van der Waals surface area contributed by atoms with Gasteiger partial charge in [-0.2, -0.15) is 0 Å². The summed E-state index contributed by atoms with van der Waals surface area (Å²) in [6.07, 6.45) is 0. The third-order valence-electron chi connectivity index (χ3n) is 2.29. The minimum Gasteiger partial charge on any atom is -0.359 e. The number of aromatic nitrogens is 1.